The largest absolute Gasteiger partial charge is 0.495 e. The molecule has 2 rings (SSSR count). The molecule has 0 aliphatic heterocycles. The minimum Gasteiger partial charge on any atom is -0.495 e. The molecule has 1 aromatic carbocycles. The average Bonchev–Trinajstić information content (AvgIpc) is 2.62. The van der Waals surface area contributed by atoms with E-state index in [1.165, 1.54) is 25.5 Å². The molecule has 0 spiro atoms. The molecule has 0 saturated heterocycles. The molecule has 26 heavy (non-hydrogen) atoms. The Kier molecular flexibility index (Phi) is 7.98. The van der Waals surface area contributed by atoms with Gasteiger partial charge in [-0.1, -0.05) is 23.3 Å². The molecular formula is C20H27ClN2O3. The van der Waals surface area contributed by atoms with Crippen LogP contribution in [0.15, 0.2) is 29.8 Å². The van der Waals surface area contributed by atoms with Crippen molar-refractivity contribution >= 4 is 29.1 Å². The maximum absolute atomic E-state index is 12.3. The van der Waals surface area contributed by atoms with Crippen molar-refractivity contribution in [1.82, 2.24) is 4.90 Å². The number of benzene rings is 1. The molecular weight excluding hydrogens is 352 g/mol. The van der Waals surface area contributed by atoms with Crippen LogP contribution < -0.4 is 10.1 Å². The molecule has 0 aromatic heterocycles. The number of nitrogens with one attached hydrogen (secondary N) is 1. The number of methoxy groups -OCH3 is 1. The fourth-order valence-electron chi connectivity index (χ4n) is 3.06. The monoisotopic (exact) mass is 378 g/mol. The number of carbonyl (C=O) groups is 2. The maximum Gasteiger partial charge on any atom is 0.226 e. The van der Waals surface area contributed by atoms with E-state index in [0.717, 1.165) is 19.3 Å². The molecule has 0 unspecified atom stereocenters. The van der Waals surface area contributed by atoms with Gasteiger partial charge in [0.25, 0.3) is 0 Å². The maximum atomic E-state index is 12.3. The number of hydrogen-bond donors (Lipinski definition) is 1. The second kappa shape index (κ2) is 10.2. The number of anilines is 1. The van der Waals surface area contributed by atoms with Gasteiger partial charge in [0.1, 0.15) is 5.75 Å². The molecule has 2 amide bonds. The summed E-state index contributed by atoms with van der Waals surface area (Å²) in [5.74, 6) is 0.374. The lowest BCUT2D eigenvalue weighted by molar-refractivity contribution is -0.129. The summed E-state index contributed by atoms with van der Waals surface area (Å²) in [6.07, 6.45) is 8.17. The molecule has 0 radical (unpaired) electrons. The normalized spacial score (nSPS) is 13.7. The zero-order valence-electron chi connectivity index (χ0n) is 15.5. The van der Waals surface area contributed by atoms with Crippen LogP contribution in [0.3, 0.4) is 0 Å². The summed E-state index contributed by atoms with van der Waals surface area (Å²) in [5, 5.41) is 3.32. The van der Waals surface area contributed by atoms with Crippen molar-refractivity contribution in [2.24, 2.45) is 0 Å². The van der Waals surface area contributed by atoms with E-state index in [1.807, 2.05) is 0 Å². The molecule has 1 aliphatic carbocycles. The van der Waals surface area contributed by atoms with Crippen LogP contribution >= 0.6 is 11.6 Å². The number of rotatable bonds is 8. The predicted molar refractivity (Wildman–Crippen MR) is 105 cm³/mol. The Morgan fingerprint density at radius 3 is 2.73 bits per heavy atom. The number of nitrogens with zero attached hydrogens (tertiary/aromatic N) is 1. The second-order valence-corrected chi connectivity index (χ2v) is 6.94. The number of halogens is 1. The third-order valence-electron chi connectivity index (χ3n) is 4.58. The van der Waals surface area contributed by atoms with Crippen molar-refractivity contribution in [3.8, 4) is 5.75 Å². The van der Waals surface area contributed by atoms with Gasteiger partial charge in [0.05, 0.1) is 12.8 Å². The number of allylic oxidation sites excluding steroid dienone is 1. The average molecular weight is 379 g/mol. The van der Waals surface area contributed by atoms with Crippen LogP contribution in [0.4, 0.5) is 5.69 Å². The van der Waals surface area contributed by atoms with E-state index in [0.29, 0.717) is 29.5 Å². The van der Waals surface area contributed by atoms with Crippen molar-refractivity contribution in [1.29, 1.82) is 0 Å². The quantitative estimate of drug-likeness (QED) is 0.681. The summed E-state index contributed by atoms with van der Waals surface area (Å²) in [6, 6.07) is 5.06. The van der Waals surface area contributed by atoms with Crippen LogP contribution in [0, 0.1) is 0 Å². The van der Waals surface area contributed by atoms with E-state index in [-0.39, 0.29) is 18.2 Å². The minimum atomic E-state index is -0.173. The van der Waals surface area contributed by atoms with Gasteiger partial charge in [-0.2, -0.15) is 0 Å². The van der Waals surface area contributed by atoms with Crippen molar-refractivity contribution in [2.45, 2.75) is 45.4 Å². The SMILES string of the molecule is COc1ccc(Cl)cc1NC(=O)CCN(CCC1=CCCCC1)C(C)=O. The minimum absolute atomic E-state index is 0.00505. The zero-order chi connectivity index (χ0) is 18.9. The third-order valence-corrected chi connectivity index (χ3v) is 4.81. The van der Waals surface area contributed by atoms with Crippen molar-refractivity contribution in [3.05, 3.63) is 34.9 Å². The van der Waals surface area contributed by atoms with Gasteiger partial charge in [-0.3, -0.25) is 9.59 Å². The highest BCUT2D eigenvalue weighted by Crippen LogP contribution is 2.27. The lowest BCUT2D eigenvalue weighted by atomic mass is 9.97. The number of carbonyl (C=O) groups excluding carboxylic acids is 2. The van der Waals surface area contributed by atoms with Gasteiger partial charge in [0, 0.05) is 31.5 Å². The van der Waals surface area contributed by atoms with Crippen molar-refractivity contribution < 1.29 is 14.3 Å². The van der Waals surface area contributed by atoms with Gasteiger partial charge in [0.15, 0.2) is 0 Å². The molecule has 6 heteroatoms. The van der Waals surface area contributed by atoms with Crippen LogP contribution in [0.1, 0.15) is 45.4 Å². The van der Waals surface area contributed by atoms with E-state index in [2.05, 4.69) is 11.4 Å². The summed E-state index contributed by atoms with van der Waals surface area (Å²) < 4.78 is 5.23. The van der Waals surface area contributed by atoms with Gasteiger partial charge < -0.3 is 15.0 Å². The fraction of sp³-hybridized carbons (Fsp3) is 0.500. The number of hydrogen-bond acceptors (Lipinski definition) is 3. The lowest BCUT2D eigenvalue weighted by Crippen LogP contribution is -2.33. The molecule has 1 aromatic rings. The Morgan fingerprint density at radius 2 is 2.08 bits per heavy atom. The standard InChI is InChI=1S/C20H27ClN2O3/c1-15(24)23(12-10-16-6-4-3-5-7-16)13-11-20(25)22-18-14-17(21)8-9-19(18)26-2/h6,8-9,14H,3-5,7,10-13H2,1-2H3,(H,22,25). The van der Waals surface area contributed by atoms with Gasteiger partial charge >= 0.3 is 0 Å². The van der Waals surface area contributed by atoms with E-state index >= 15 is 0 Å². The summed E-state index contributed by atoms with van der Waals surface area (Å²) in [7, 11) is 1.54. The number of ether oxygens (including phenoxy) is 1. The van der Waals surface area contributed by atoms with Gasteiger partial charge in [-0.15, -0.1) is 0 Å². The molecule has 142 valence electrons. The van der Waals surface area contributed by atoms with Crippen LogP contribution in [0.25, 0.3) is 0 Å². The topological polar surface area (TPSA) is 58.6 Å². The molecule has 0 fully saturated rings. The van der Waals surface area contributed by atoms with Crippen LogP contribution in [-0.4, -0.2) is 36.9 Å². The summed E-state index contributed by atoms with van der Waals surface area (Å²) in [4.78, 5) is 25.9. The molecule has 0 atom stereocenters. The summed E-state index contributed by atoms with van der Waals surface area (Å²) in [5.41, 5.74) is 1.96. The van der Waals surface area contributed by atoms with E-state index in [1.54, 1.807) is 30.0 Å². The summed E-state index contributed by atoms with van der Waals surface area (Å²) in [6.45, 7) is 2.61. The predicted octanol–water partition coefficient (Wildman–Crippen LogP) is 4.42. The first-order valence-corrected chi connectivity index (χ1v) is 9.44. The van der Waals surface area contributed by atoms with E-state index in [9.17, 15) is 9.59 Å². The lowest BCUT2D eigenvalue weighted by Gasteiger charge is -2.22. The highest BCUT2D eigenvalue weighted by molar-refractivity contribution is 6.31. The van der Waals surface area contributed by atoms with E-state index in [4.69, 9.17) is 16.3 Å². The molecule has 0 heterocycles. The second-order valence-electron chi connectivity index (χ2n) is 6.51. The van der Waals surface area contributed by atoms with Gasteiger partial charge in [0.2, 0.25) is 11.8 Å². The first-order chi connectivity index (χ1) is 12.5. The Balaban J connectivity index is 1.86. The van der Waals surface area contributed by atoms with Crippen molar-refractivity contribution in [2.75, 3.05) is 25.5 Å². The van der Waals surface area contributed by atoms with Gasteiger partial charge in [-0.05, 0) is 50.3 Å². The first kappa shape index (κ1) is 20.3. The van der Waals surface area contributed by atoms with Gasteiger partial charge in [-0.25, -0.2) is 0 Å². The first-order valence-electron chi connectivity index (χ1n) is 9.06. The molecule has 1 aliphatic rings. The van der Waals surface area contributed by atoms with Crippen molar-refractivity contribution in [3.63, 3.8) is 0 Å². The Labute approximate surface area is 160 Å². The molecule has 0 saturated carbocycles. The smallest absolute Gasteiger partial charge is 0.226 e. The third kappa shape index (κ3) is 6.37. The Bertz CT molecular complexity index is 673. The molecule has 5 nitrogen and oxygen atoms in total. The molecule has 0 bridgehead atoms. The number of amides is 2. The molecule has 1 N–H and O–H groups in total. The highest BCUT2D eigenvalue weighted by Gasteiger charge is 2.14. The fourth-order valence-corrected chi connectivity index (χ4v) is 3.24. The Morgan fingerprint density at radius 1 is 1.27 bits per heavy atom. The van der Waals surface area contributed by atoms with E-state index < -0.39 is 0 Å². The zero-order valence-corrected chi connectivity index (χ0v) is 16.3. The van der Waals surface area contributed by atoms with Crippen LogP contribution in [0.2, 0.25) is 5.02 Å². The summed E-state index contributed by atoms with van der Waals surface area (Å²) >= 11 is 5.98. The Hall–Kier alpha value is -2.01. The van der Waals surface area contributed by atoms with Crippen LogP contribution in [-0.2, 0) is 9.59 Å². The van der Waals surface area contributed by atoms with Crippen LogP contribution in [0.5, 0.6) is 5.75 Å². The highest BCUT2D eigenvalue weighted by atomic mass is 35.5.